The summed E-state index contributed by atoms with van der Waals surface area (Å²) in [5.74, 6) is -0.388. The van der Waals surface area contributed by atoms with E-state index in [1.807, 2.05) is 25.1 Å². The Labute approximate surface area is 115 Å². The van der Waals surface area contributed by atoms with E-state index in [-0.39, 0.29) is 0 Å². The van der Waals surface area contributed by atoms with Gasteiger partial charge < -0.3 is 14.7 Å². The normalized spacial score (nSPS) is 12.0. The lowest BCUT2D eigenvalue weighted by Gasteiger charge is -2.28. The number of aryl methyl sites for hydroxylation is 1. The van der Waals surface area contributed by atoms with Crippen LogP contribution < -0.4 is 9.64 Å². The molecule has 0 fully saturated rings. The van der Waals surface area contributed by atoms with Crippen molar-refractivity contribution in [1.29, 1.82) is 0 Å². The van der Waals surface area contributed by atoms with Crippen LogP contribution in [0.2, 0.25) is 0 Å². The molecule has 0 bridgehead atoms. The first kappa shape index (κ1) is 15.3. The summed E-state index contributed by atoms with van der Waals surface area (Å²) in [5.41, 5.74) is 2.11. The van der Waals surface area contributed by atoms with Gasteiger partial charge in [0.25, 0.3) is 0 Å². The molecule has 0 aliphatic heterocycles. The van der Waals surface area contributed by atoms with Crippen LogP contribution in [-0.2, 0) is 4.79 Å². The van der Waals surface area contributed by atoms with Gasteiger partial charge in [0.15, 0.2) is 0 Å². The smallest absolute Gasteiger partial charge is 0.308 e. The standard InChI is InChI=1S/C15H23NO3/c1-5-8-16(10-12(3)15(17)18)13-9-11(2)6-7-14(13)19-4/h6-7,9,12H,5,8,10H2,1-4H3,(H,17,18). The molecule has 1 unspecified atom stereocenters. The second-order valence-electron chi connectivity index (χ2n) is 4.86. The fourth-order valence-corrected chi connectivity index (χ4v) is 2.04. The Morgan fingerprint density at radius 2 is 2.16 bits per heavy atom. The average Bonchev–Trinajstić information content (AvgIpc) is 2.37. The Balaban J connectivity index is 3.03. The largest absolute Gasteiger partial charge is 0.495 e. The first-order valence-corrected chi connectivity index (χ1v) is 6.62. The van der Waals surface area contributed by atoms with E-state index in [1.165, 1.54) is 0 Å². The van der Waals surface area contributed by atoms with Crippen molar-refractivity contribution in [2.75, 3.05) is 25.1 Å². The molecule has 0 heterocycles. The molecule has 4 heteroatoms. The van der Waals surface area contributed by atoms with E-state index in [4.69, 9.17) is 9.84 Å². The Morgan fingerprint density at radius 3 is 2.68 bits per heavy atom. The van der Waals surface area contributed by atoms with Gasteiger partial charge in [0, 0.05) is 13.1 Å². The summed E-state index contributed by atoms with van der Waals surface area (Å²) < 4.78 is 5.38. The highest BCUT2D eigenvalue weighted by Crippen LogP contribution is 2.30. The highest BCUT2D eigenvalue weighted by Gasteiger charge is 2.18. The molecule has 1 rings (SSSR count). The number of hydrogen-bond donors (Lipinski definition) is 1. The molecule has 0 spiro atoms. The summed E-state index contributed by atoms with van der Waals surface area (Å²) in [4.78, 5) is 13.1. The molecule has 0 saturated heterocycles. The van der Waals surface area contributed by atoms with Crippen molar-refractivity contribution in [3.05, 3.63) is 23.8 Å². The first-order chi connectivity index (χ1) is 8.99. The van der Waals surface area contributed by atoms with Gasteiger partial charge in [0.2, 0.25) is 0 Å². The highest BCUT2D eigenvalue weighted by atomic mass is 16.5. The lowest BCUT2D eigenvalue weighted by atomic mass is 10.1. The predicted molar refractivity (Wildman–Crippen MR) is 77.0 cm³/mol. The second-order valence-corrected chi connectivity index (χ2v) is 4.86. The minimum Gasteiger partial charge on any atom is -0.495 e. The number of hydrogen-bond acceptors (Lipinski definition) is 3. The third kappa shape index (κ3) is 4.16. The molecule has 4 nitrogen and oxygen atoms in total. The molecule has 0 radical (unpaired) electrons. The van der Waals surface area contributed by atoms with Gasteiger partial charge >= 0.3 is 5.97 Å². The van der Waals surface area contributed by atoms with Crippen LogP contribution >= 0.6 is 0 Å². The summed E-state index contributed by atoms with van der Waals surface area (Å²) in [6.07, 6.45) is 0.962. The number of carboxylic acids is 1. The zero-order valence-corrected chi connectivity index (χ0v) is 12.1. The molecular weight excluding hydrogens is 242 g/mol. The van der Waals surface area contributed by atoms with E-state index in [1.54, 1.807) is 14.0 Å². The Kier molecular flexibility index (Phi) is 5.67. The zero-order valence-electron chi connectivity index (χ0n) is 12.1. The van der Waals surface area contributed by atoms with Crippen LogP contribution in [-0.4, -0.2) is 31.3 Å². The zero-order chi connectivity index (χ0) is 14.4. The number of carboxylic acid groups (broad SMARTS) is 1. The topological polar surface area (TPSA) is 49.8 Å². The number of aliphatic carboxylic acids is 1. The summed E-state index contributed by atoms with van der Waals surface area (Å²) >= 11 is 0. The molecule has 0 aliphatic carbocycles. The van der Waals surface area contributed by atoms with Crippen molar-refractivity contribution in [2.45, 2.75) is 27.2 Å². The fraction of sp³-hybridized carbons (Fsp3) is 0.533. The van der Waals surface area contributed by atoms with Gasteiger partial charge in [-0.2, -0.15) is 0 Å². The van der Waals surface area contributed by atoms with Crippen LogP contribution in [0.4, 0.5) is 5.69 Å². The molecule has 19 heavy (non-hydrogen) atoms. The molecule has 0 aliphatic rings. The van der Waals surface area contributed by atoms with Crippen molar-refractivity contribution < 1.29 is 14.6 Å². The number of benzene rings is 1. The quantitative estimate of drug-likeness (QED) is 0.823. The van der Waals surface area contributed by atoms with E-state index < -0.39 is 11.9 Å². The Hall–Kier alpha value is -1.71. The number of methoxy groups -OCH3 is 1. The van der Waals surface area contributed by atoms with Gasteiger partial charge in [0.1, 0.15) is 5.75 Å². The highest BCUT2D eigenvalue weighted by molar-refractivity contribution is 5.71. The third-order valence-electron chi connectivity index (χ3n) is 3.08. The number of nitrogens with zero attached hydrogens (tertiary/aromatic N) is 1. The number of ether oxygens (including phenoxy) is 1. The van der Waals surface area contributed by atoms with Crippen LogP contribution in [0.25, 0.3) is 0 Å². The molecule has 1 atom stereocenters. The van der Waals surface area contributed by atoms with Crippen LogP contribution in [0.3, 0.4) is 0 Å². The van der Waals surface area contributed by atoms with E-state index >= 15 is 0 Å². The van der Waals surface area contributed by atoms with Crippen molar-refractivity contribution in [3.8, 4) is 5.75 Å². The van der Waals surface area contributed by atoms with Gasteiger partial charge in [0.05, 0.1) is 18.7 Å². The Bertz CT molecular complexity index is 431. The summed E-state index contributed by atoms with van der Waals surface area (Å²) in [5, 5.41) is 9.07. The first-order valence-electron chi connectivity index (χ1n) is 6.62. The van der Waals surface area contributed by atoms with Crippen LogP contribution in [0.15, 0.2) is 18.2 Å². The summed E-state index contributed by atoms with van der Waals surface area (Å²) in [6.45, 7) is 7.14. The monoisotopic (exact) mass is 265 g/mol. The Morgan fingerprint density at radius 1 is 1.47 bits per heavy atom. The van der Waals surface area contributed by atoms with E-state index in [2.05, 4.69) is 11.8 Å². The number of rotatable bonds is 7. The van der Waals surface area contributed by atoms with Crippen LogP contribution in [0.1, 0.15) is 25.8 Å². The number of anilines is 1. The van der Waals surface area contributed by atoms with Crippen molar-refractivity contribution in [3.63, 3.8) is 0 Å². The van der Waals surface area contributed by atoms with Gasteiger partial charge in [-0.25, -0.2) is 0 Å². The average molecular weight is 265 g/mol. The number of carbonyl (C=O) groups is 1. The maximum Gasteiger partial charge on any atom is 0.308 e. The predicted octanol–water partition coefficient (Wildman–Crippen LogP) is 2.94. The summed E-state index contributed by atoms with van der Waals surface area (Å²) in [6, 6.07) is 5.97. The lowest BCUT2D eigenvalue weighted by molar-refractivity contribution is -0.140. The fourth-order valence-electron chi connectivity index (χ4n) is 2.04. The third-order valence-corrected chi connectivity index (χ3v) is 3.08. The maximum atomic E-state index is 11.0. The molecule has 1 aromatic carbocycles. The SMILES string of the molecule is CCCN(CC(C)C(=O)O)c1cc(C)ccc1OC. The van der Waals surface area contributed by atoms with Crippen LogP contribution in [0.5, 0.6) is 5.75 Å². The maximum absolute atomic E-state index is 11.0. The molecule has 106 valence electrons. The molecule has 1 N–H and O–H groups in total. The van der Waals surface area contributed by atoms with Gasteiger partial charge in [-0.15, -0.1) is 0 Å². The molecule has 0 saturated carbocycles. The van der Waals surface area contributed by atoms with Crippen molar-refractivity contribution in [2.24, 2.45) is 5.92 Å². The van der Waals surface area contributed by atoms with Crippen LogP contribution in [0, 0.1) is 12.8 Å². The van der Waals surface area contributed by atoms with Crippen molar-refractivity contribution in [1.82, 2.24) is 0 Å². The molecular formula is C15H23NO3. The lowest BCUT2D eigenvalue weighted by Crippen LogP contribution is -2.32. The van der Waals surface area contributed by atoms with E-state index in [0.717, 1.165) is 30.0 Å². The second kappa shape index (κ2) is 7.02. The molecule has 1 aromatic rings. The minimum atomic E-state index is -0.771. The summed E-state index contributed by atoms with van der Waals surface area (Å²) in [7, 11) is 1.64. The van der Waals surface area contributed by atoms with E-state index in [0.29, 0.717) is 6.54 Å². The van der Waals surface area contributed by atoms with E-state index in [9.17, 15) is 4.79 Å². The molecule has 0 aromatic heterocycles. The minimum absolute atomic E-state index is 0.406. The molecule has 0 amide bonds. The van der Waals surface area contributed by atoms with Crippen molar-refractivity contribution >= 4 is 11.7 Å². The van der Waals surface area contributed by atoms with Gasteiger partial charge in [-0.05, 0) is 31.0 Å². The van der Waals surface area contributed by atoms with Gasteiger partial charge in [-0.1, -0.05) is 19.9 Å². The van der Waals surface area contributed by atoms with Gasteiger partial charge in [-0.3, -0.25) is 4.79 Å².